The van der Waals surface area contributed by atoms with Crippen LogP contribution in [0.5, 0.6) is 0 Å². The maximum atomic E-state index is 5.94. The number of rotatable bonds is 1. The fourth-order valence-corrected chi connectivity index (χ4v) is 1.72. The number of benzene rings is 1. The monoisotopic (exact) mass is 253 g/mol. The smallest absolute Gasteiger partial charge is 0.142 e. The number of nitrogens with two attached hydrogens (primary N) is 1. The molecule has 5 heteroatoms. The summed E-state index contributed by atoms with van der Waals surface area (Å²) in [5.41, 5.74) is 7.93. The van der Waals surface area contributed by atoms with Crippen LogP contribution >= 0.6 is 23.2 Å². The topological polar surface area (TPSA) is 51.8 Å². The fraction of sp³-hybridized carbons (Fsp3) is 0.0909. The third-order valence-corrected chi connectivity index (χ3v) is 2.90. The van der Waals surface area contributed by atoms with Gasteiger partial charge in [0.1, 0.15) is 5.82 Å². The van der Waals surface area contributed by atoms with Gasteiger partial charge in [-0.1, -0.05) is 29.3 Å². The molecule has 0 radical (unpaired) electrons. The number of aryl methyl sites for hydroxylation is 1. The molecule has 1 heterocycles. The molecule has 82 valence electrons. The summed E-state index contributed by atoms with van der Waals surface area (Å²) in [5, 5.41) is 1.02. The van der Waals surface area contributed by atoms with Crippen LogP contribution in [0, 0.1) is 6.92 Å². The molecule has 0 bridgehead atoms. The third-order valence-electron chi connectivity index (χ3n) is 2.16. The predicted octanol–water partition coefficient (Wildman–Crippen LogP) is 3.34. The molecule has 1 aromatic heterocycles. The minimum Gasteiger partial charge on any atom is -0.382 e. The number of hydrogen-bond donors (Lipinski definition) is 1. The van der Waals surface area contributed by atoms with Gasteiger partial charge in [0.2, 0.25) is 0 Å². The third kappa shape index (κ3) is 2.10. The van der Waals surface area contributed by atoms with E-state index in [1.54, 1.807) is 12.1 Å². The zero-order valence-electron chi connectivity index (χ0n) is 8.54. The van der Waals surface area contributed by atoms with Crippen molar-refractivity contribution in [2.75, 3.05) is 5.73 Å². The molecule has 0 spiro atoms. The average molecular weight is 254 g/mol. The lowest BCUT2D eigenvalue weighted by molar-refractivity contribution is 1.13. The van der Waals surface area contributed by atoms with Crippen LogP contribution in [-0.4, -0.2) is 9.97 Å². The first-order chi connectivity index (χ1) is 7.58. The van der Waals surface area contributed by atoms with Gasteiger partial charge in [0.25, 0.3) is 0 Å². The Morgan fingerprint density at radius 2 is 1.94 bits per heavy atom. The van der Waals surface area contributed by atoms with Gasteiger partial charge in [-0.15, -0.1) is 0 Å². The zero-order chi connectivity index (χ0) is 11.7. The van der Waals surface area contributed by atoms with Crippen LogP contribution in [0.4, 0.5) is 5.82 Å². The molecule has 0 atom stereocenters. The van der Waals surface area contributed by atoms with Crippen molar-refractivity contribution in [3.63, 3.8) is 0 Å². The highest BCUT2D eigenvalue weighted by molar-refractivity contribution is 6.42. The second-order valence-electron chi connectivity index (χ2n) is 3.36. The standard InChI is InChI=1S/C11H9Cl2N3/c1-6-11(15-5-10(14)16-6)7-2-3-8(12)9(13)4-7/h2-5H,1H3,(H2,14,16). The molecule has 16 heavy (non-hydrogen) atoms. The molecule has 1 aromatic carbocycles. The summed E-state index contributed by atoms with van der Waals surface area (Å²) < 4.78 is 0. The molecule has 2 aromatic rings. The largest absolute Gasteiger partial charge is 0.382 e. The molecule has 0 amide bonds. The SMILES string of the molecule is Cc1nc(N)cnc1-c1ccc(Cl)c(Cl)c1. The second kappa shape index (κ2) is 4.28. The van der Waals surface area contributed by atoms with Crippen LogP contribution in [0.25, 0.3) is 11.3 Å². The summed E-state index contributed by atoms with van der Waals surface area (Å²) >= 11 is 11.8. The maximum absolute atomic E-state index is 5.94. The highest BCUT2D eigenvalue weighted by atomic mass is 35.5. The van der Waals surface area contributed by atoms with Gasteiger partial charge in [-0.2, -0.15) is 0 Å². The van der Waals surface area contributed by atoms with Crippen molar-refractivity contribution in [2.24, 2.45) is 0 Å². The van der Waals surface area contributed by atoms with Gasteiger partial charge in [-0.05, 0) is 19.1 Å². The molecule has 0 aliphatic rings. The Morgan fingerprint density at radius 3 is 2.56 bits per heavy atom. The van der Waals surface area contributed by atoms with Gasteiger partial charge in [-0.25, -0.2) is 4.98 Å². The van der Waals surface area contributed by atoms with E-state index < -0.39 is 0 Å². The van der Waals surface area contributed by atoms with E-state index in [2.05, 4.69) is 9.97 Å². The summed E-state index contributed by atoms with van der Waals surface area (Å²) in [6.07, 6.45) is 1.52. The summed E-state index contributed by atoms with van der Waals surface area (Å²) in [6, 6.07) is 5.34. The summed E-state index contributed by atoms with van der Waals surface area (Å²) in [7, 11) is 0. The molecule has 0 fully saturated rings. The van der Waals surface area contributed by atoms with E-state index >= 15 is 0 Å². The molecule has 0 unspecified atom stereocenters. The number of anilines is 1. The number of nitrogens with zero attached hydrogens (tertiary/aromatic N) is 2. The number of halogens is 2. The van der Waals surface area contributed by atoms with Crippen molar-refractivity contribution in [2.45, 2.75) is 6.92 Å². The predicted molar refractivity (Wildman–Crippen MR) is 66.6 cm³/mol. The molecule has 2 N–H and O–H groups in total. The molecular weight excluding hydrogens is 245 g/mol. The van der Waals surface area contributed by atoms with E-state index in [0.717, 1.165) is 17.0 Å². The Balaban J connectivity index is 2.54. The maximum Gasteiger partial charge on any atom is 0.142 e. The Hall–Kier alpha value is -1.32. The first-order valence-corrected chi connectivity index (χ1v) is 5.38. The van der Waals surface area contributed by atoms with Crippen molar-refractivity contribution in [3.8, 4) is 11.3 Å². The van der Waals surface area contributed by atoms with Crippen LogP contribution in [0.15, 0.2) is 24.4 Å². The van der Waals surface area contributed by atoms with Crippen molar-refractivity contribution in [1.29, 1.82) is 0 Å². The lowest BCUT2D eigenvalue weighted by Gasteiger charge is -2.06. The average Bonchev–Trinajstić information content (AvgIpc) is 2.22. The molecule has 0 saturated carbocycles. The van der Waals surface area contributed by atoms with Crippen molar-refractivity contribution >= 4 is 29.0 Å². The highest BCUT2D eigenvalue weighted by Crippen LogP contribution is 2.28. The summed E-state index contributed by atoms with van der Waals surface area (Å²) in [5.74, 6) is 0.404. The summed E-state index contributed by atoms with van der Waals surface area (Å²) in [6.45, 7) is 1.85. The molecule has 0 aliphatic carbocycles. The van der Waals surface area contributed by atoms with E-state index in [9.17, 15) is 0 Å². The quantitative estimate of drug-likeness (QED) is 0.849. The van der Waals surface area contributed by atoms with Gasteiger partial charge in [0.15, 0.2) is 0 Å². The van der Waals surface area contributed by atoms with Gasteiger partial charge in [0, 0.05) is 5.56 Å². The molecular formula is C11H9Cl2N3. The van der Waals surface area contributed by atoms with E-state index in [-0.39, 0.29) is 0 Å². The van der Waals surface area contributed by atoms with E-state index in [1.807, 2.05) is 13.0 Å². The minimum absolute atomic E-state index is 0.404. The van der Waals surface area contributed by atoms with Crippen molar-refractivity contribution < 1.29 is 0 Å². The molecule has 0 saturated heterocycles. The van der Waals surface area contributed by atoms with E-state index in [1.165, 1.54) is 6.20 Å². The van der Waals surface area contributed by atoms with Crippen LogP contribution in [0.3, 0.4) is 0 Å². The van der Waals surface area contributed by atoms with Crippen LogP contribution in [-0.2, 0) is 0 Å². The number of hydrogen-bond acceptors (Lipinski definition) is 3. The Kier molecular flexibility index (Phi) is 2.99. The number of nitrogen functional groups attached to an aromatic ring is 1. The Labute approximate surface area is 103 Å². The lowest BCUT2D eigenvalue weighted by Crippen LogP contribution is -1.97. The van der Waals surface area contributed by atoms with Gasteiger partial charge >= 0.3 is 0 Å². The number of aromatic nitrogens is 2. The lowest BCUT2D eigenvalue weighted by atomic mass is 10.1. The van der Waals surface area contributed by atoms with Crippen LogP contribution in [0.1, 0.15) is 5.69 Å². The Bertz CT molecular complexity index is 541. The molecule has 0 aliphatic heterocycles. The van der Waals surface area contributed by atoms with Gasteiger partial charge < -0.3 is 5.73 Å². The minimum atomic E-state index is 0.404. The summed E-state index contributed by atoms with van der Waals surface area (Å²) in [4.78, 5) is 8.37. The first-order valence-electron chi connectivity index (χ1n) is 4.62. The normalized spacial score (nSPS) is 10.4. The van der Waals surface area contributed by atoms with Crippen LogP contribution < -0.4 is 5.73 Å². The zero-order valence-corrected chi connectivity index (χ0v) is 10.0. The van der Waals surface area contributed by atoms with Crippen LogP contribution in [0.2, 0.25) is 10.0 Å². The van der Waals surface area contributed by atoms with Gasteiger partial charge in [-0.3, -0.25) is 4.98 Å². The highest BCUT2D eigenvalue weighted by Gasteiger charge is 2.07. The molecule has 2 rings (SSSR count). The van der Waals surface area contributed by atoms with E-state index in [4.69, 9.17) is 28.9 Å². The van der Waals surface area contributed by atoms with Crippen molar-refractivity contribution in [1.82, 2.24) is 9.97 Å². The Morgan fingerprint density at radius 1 is 1.19 bits per heavy atom. The first kappa shape index (κ1) is 11.2. The van der Waals surface area contributed by atoms with Crippen molar-refractivity contribution in [3.05, 3.63) is 40.1 Å². The van der Waals surface area contributed by atoms with Gasteiger partial charge in [0.05, 0.1) is 27.6 Å². The molecule has 3 nitrogen and oxygen atoms in total. The second-order valence-corrected chi connectivity index (χ2v) is 4.17. The van der Waals surface area contributed by atoms with E-state index in [0.29, 0.717) is 15.9 Å². The fourth-order valence-electron chi connectivity index (χ4n) is 1.43.